The topological polar surface area (TPSA) is 46.5 Å². The molecule has 0 spiro atoms. The molecule has 22 heavy (non-hydrogen) atoms. The van der Waals surface area contributed by atoms with Gasteiger partial charge < -0.3 is 15.0 Å². The zero-order valence-electron chi connectivity index (χ0n) is 12.8. The van der Waals surface area contributed by atoms with Gasteiger partial charge in [-0.2, -0.15) is 0 Å². The standard InChI is InChI=1S/C17H21N3O2/c1-2-18-16-4-3-9-20(17(16)21)15-7-5-14(6-8-15)19-10-12-22-13-11-19/h3-9,18H,2,10-13H2,1H3. The van der Waals surface area contributed by atoms with E-state index in [1.165, 1.54) is 5.69 Å². The summed E-state index contributed by atoms with van der Waals surface area (Å²) in [5, 5.41) is 3.09. The summed E-state index contributed by atoms with van der Waals surface area (Å²) in [4.78, 5) is 14.7. The van der Waals surface area contributed by atoms with E-state index in [4.69, 9.17) is 4.74 Å². The molecule has 116 valence electrons. The fraction of sp³-hybridized carbons (Fsp3) is 0.353. The zero-order valence-corrected chi connectivity index (χ0v) is 12.8. The van der Waals surface area contributed by atoms with Crippen molar-refractivity contribution in [3.63, 3.8) is 0 Å². The molecular formula is C17H21N3O2. The molecule has 0 bridgehead atoms. The smallest absolute Gasteiger partial charge is 0.278 e. The van der Waals surface area contributed by atoms with Crippen LogP contribution in [-0.2, 0) is 4.74 Å². The van der Waals surface area contributed by atoms with Crippen molar-refractivity contribution < 1.29 is 4.74 Å². The van der Waals surface area contributed by atoms with Gasteiger partial charge in [-0.15, -0.1) is 0 Å². The van der Waals surface area contributed by atoms with Gasteiger partial charge in [0.15, 0.2) is 0 Å². The molecule has 1 aromatic carbocycles. The highest BCUT2D eigenvalue weighted by Crippen LogP contribution is 2.18. The number of hydrogen-bond acceptors (Lipinski definition) is 4. The van der Waals surface area contributed by atoms with Gasteiger partial charge in [0.25, 0.3) is 5.56 Å². The summed E-state index contributed by atoms with van der Waals surface area (Å²) < 4.78 is 7.04. The molecule has 3 rings (SSSR count). The Morgan fingerprint density at radius 2 is 1.77 bits per heavy atom. The molecule has 1 fully saturated rings. The summed E-state index contributed by atoms with van der Waals surface area (Å²) >= 11 is 0. The minimum atomic E-state index is -0.0246. The molecular weight excluding hydrogens is 278 g/mol. The Kier molecular flexibility index (Phi) is 4.44. The van der Waals surface area contributed by atoms with E-state index >= 15 is 0 Å². The maximum atomic E-state index is 12.4. The Balaban J connectivity index is 1.86. The molecule has 1 saturated heterocycles. The molecule has 1 aliphatic rings. The number of nitrogens with zero attached hydrogens (tertiary/aromatic N) is 2. The molecule has 2 heterocycles. The number of anilines is 2. The van der Waals surface area contributed by atoms with Crippen molar-refractivity contribution in [3.05, 3.63) is 52.9 Å². The molecule has 0 aliphatic carbocycles. The SMILES string of the molecule is CCNc1cccn(-c2ccc(N3CCOCC3)cc2)c1=O. The van der Waals surface area contributed by atoms with Crippen LogP contribution in [0.3, 0.4) is 0 Å². The van der Waals surface area contributed by atoms with Gasteiger partial charge in [-0.25, -0.2) is 0 Å². The summed E-state index contributed by atoms with van der Waals surface area (Å²) in [6, 6.07) is 11.8. The van der Waals surface area contributed by atoms with Gasteiger partial charge in [0.1, 0.15) is 5.69 Å². The number of hydrogen-bond donors (Lipinski definition) is 1. The Bertz CT molecular complexity index is 673. The Morgan fingerprint density at radius 1 is 1.09 bits per heavy atom. The lowest BCUT2D eigenvalue weighted by Crippen LogP contribution is -2.36. The third-order valence-corrected chi connectivity index (χ3v) is 3.82. The van der Waals surface area contributed by atoms with Crippen molar-refractivity contribution in [3.8, 4) is 5.69 Å². The van der Waals surface area contributed by atoms with Gasteiger partial charge in [0, 0.05) is 37.2 Å². The first kappa shape index (κ1) is 14.7. The molecule has 1 aromatic heterocycles. The molecule has 2 aromatic rings. The first-order chi connectivity index (χ1) is 10.8. The van der Waals surface area contributed by atoms with Crippen LogP contribution in [0.5, 0.6) is 0 Å². The van der Waals surface area contributed by atoms with Crippen LogP contribution in [0.15, 0.2) is 47.4 Å². The van der Waals surface area contributed by atoms with Crippen molar-refractivity contribution >= 4 is 11.4 Å². The second-order valence-electron chi connectivity index (χ2n) is 5.24. The average Bonchev–Trinajstić information content (AvgIpc) is 2.58. The van der Waals surface area contributed by atoms with Crippen LogP contribution >= 0.6 is 0 Å². The normalized spacial score (nSPS) is 14.9. The highest BCUT2D eigenvalue weighted by atomic mass is 16.5. The van der Waals surface area contributed by atoms with Crippen LogP contribution in [-0.4, -0.2) is 37.4 Å². The Labute approximate surface area is 130 Å². The highest BCUT2D eigenvalue weighted by Gasteiger charge is 2.11. The first-order valence-corrected chi connectivity index (χ1v) is 7.68. The van der Waals surface area contributed by atoms with Gasteiger partial charge in [0.2, 0.25) is 0 Å². The van der Waals surface area contributed by atoms with Crippen LogP contribution in [0.2, 0.25) is 0 Å². The second-order valence-corrected chi connectivity index (χ2v) is 5.24. The molecule has 0 atom stereocenters. The number of pyridine rings is 1. The number of nitrogens with one attached hydrogen (secondary N) is 1. The number of morpholine rings is 1. The van der Waals surface area contributed by atoms with E-state index in [0.29, 0.717) is 5.69 Å². The molecule has 1 N–H and O–H groups in total. The maximum absolute atomic E-state index is 12.4. The van der Waals surface area contributed by atoms with Crippen LogP contribution in [0, 0.1) is 0 Å². The number of benzene rings is 1. The lowest BCUT2D eigenvalue weighted by Gasteiger charge is -2.29. The van der Waals surface area contributed by atoms with Gasteiger partial charge in [-0.05, 0) is 43.3 Å². The molecule has 0 saturated carbocycles. The molecule has 0 radical (unpaired) electrons. The van der Waals surface area contributed by atoms with E-state index in [1.807, 2.05) is 31.2 Å². The van der Waals surface area contributed by atoms with E-state index in [9.17, 15) is 4.79 Å². The fourth-order valence-corrected chi connectivity index (χ4v) is 2.67. The van der Waals surface area contributed by atoms with Crippen molar-refractivity contribution in [1.29, 1.82) is 0 Å². The fourth-order valence-electron chi connectivity index (χ4n) is 2.67. The molecule has 5 heteroatoms. The van der Waals surface area contributed by atoms with Crippen molar-refractivity contribution in [1.82, 2.24) is 4.57 Å². The first-order valence-electron chi connectivity index (χ1n) is 7.68. The van der Waals surface area contributed by atoms with E-state index in [-0.39, 0.29) is 5.56 Å². The summed E-state index contributed by atoms with van der Waals surface area (Å²) in [7, 11) is 0. The minimum Gasteiger partial charge on any atom is -0.381 e. The third kappa shape index (κ3) is 2.99. The second kappa shape index (κ2) is 6.66. The van der Waals surface area contributed by atoms with Gasteiger partial charge >= 0.3 is 0 Å². The predicted octanol–water partition coefficient (Wildman–Crippen LogP) is 2.11. The summed E-state index contributed by atoms with van der Waals surface area (Å²) in [5.41, 5.74) is 2.65. The van der Waals surface area contributed by atoms with E-state index in [1.54, 1.807) is 10.8 Å². The summed E-state index contributed by atoms with van der Waals surface area (Å²) in [6.07, 6.45) is 1.80. The van der Waals surface area contributed by atoms with Crippen LogP contribution in [0.4, 0.5) is 11.4 Å². The number of ether oxygens (including phenoxy) is 1. The Morgan fingerprint density at radius 3 is 2.45 bits per heavy atom. The van der Waals surface area contributed by atoms with Crippen LogP contribution in [0.1, 0.15) is 6.92 Å². The van der Waals surface area contributed by atoms with Crippen molar-refractivity contribution in [2.24, 2.45) is 0 Å². The van der Waals surface area contributed by atoms with Crippen molar-refractivity contribution in [2.45, 2.75) is 6.92 Å². The minimum absolute atomic E-state index is 0.0246. The highest BCUT2D eigenvalue weighted by molar-refractivity contribution is 5.52. The molecule has 5 nitrogen and oxygen atoms in total. The Hall–Kier alpha value is -2.27. The quantitative estimate of drug-likeness (QED) is 0.939. The average molecular weight is 299 g/mol. The van der Waals surface area contributed by atoms with Gasteiger partial charge in [0.05, 0.1) is 13.2 Å². The largest absolute Gasteiger partial charge is 0.381 e. The van der Waals surface area contributed by atoms with Crippen LogP contribution < -0.4 is 15.8 Å². The lowest BCUT2D eigenvalue weighted by atomic mass is 10.2. The van der Waals surface area contributed by atoms with E-state index in [0.717, 1.165) is 38.5 Å². The monoisotopic (exact) mass is 299 g/mol. The van der Waals surface area contributed by atoms with Crippen molar-refractivity contribution in [2.75, 3.05) is 43.1 Å². The summed E-state index contributed by atoms with van der Waals surface area (Å²) in [5.74, 6) is 0. The van der Waals surface area contributed by atoms with Crippen LogP contribution in [0.25, 0.3) is 5.69 Å². The number of aromatic nitrogens is 1. The van der Waals surface area contributed by atoms with Gasteiger partial charge in [-0.1, -0.05) is 0 Å². The summed E-state index contributed by atoms with van der Waals surface area (Å²) in [6.45, 7) is 6.07. The molecule has 1 aliphatic heterocycles. The van der Waals surface area contributed by atoms with Gasteiger partial charge in [-0.3, -0.25) is 9.36 Å². The predicted molar refractivity (Wildman–Crippen MR) is 89.2 cm³/mol. The zero-order chi connectivity index (χ0) is 15.4. The maximum Gasteiger partial charge on any atom is 0.278 e. The molecule has 0 amide bonds. The number of rotatable bonds is 4. The third-order valence-electron chi connectivity index (χ3n) is 3.82. The molecule has 0 unspecified atom stereocenters. The van der Waals surface area contributed by atoms with E-state index < -0.39 is 0 Å². The van der Waals surface area contributed by atoms with E-state index in [2.05, 4.69) is 22.3 Å². The lowest BCUT2D eigenvalue weighted by molar-refractivity contribution is 0.122.